The predicted octanol–water partition coefficient (Wildman–Crippen LogP) is 3.49. The van der Waals surface area contributed by atoms with Crippen LogP contribution in [0.1, 0.15) is 42.7 Å². The van der Waals surface area contributed by atoms with Gasteiger partial charge in [0.25, 0.3) is 0 Å². The highest BCUT2D eigenvalue weighted by atomic mass is 14.8. The molecule has 0 bridgehead atoms. The fraction of sp³-hybridized carbons (Fsp3) is 0.600. The van der Waals surface area contributed by atoms with Crippen molar-refractivity contribution >= 4 is 0 Å². The van der Waals surface area contributed by atoms with Gasteiger partial charge in [-0.1, -0.05) is 37.1 Å². The van der Waals surface area contributed by atoms with Crippen LogP contribution in [-0.2, 0) is 0 Å². The predicted molar refractivity (Wildman–Crippen MR) is 69.8 cm³/mol. The smallest absolute Gasteiger partial charge is 0.00199 e. The Morgan fingerprint density at radius 3 is 2.56 bits per heavy atom. The molecule has 0 spiro atoms. The first-order chi connectivity index (χ1) is 7.83. The maximum absolute atomic E-state index is 3.37. The van der Waals surface area contributed by atoms with Gasteiger partial charge in [-0.25, -0.2) is 0 Å². The molecule has 1 aromatic carbocycles. The standard InChI is InChI=1S/C15H23N/c1-12-7-3-6-10-14(12)15(11-16-2)13-8-4-5-9-13/h3,6-7,10,13,15-16H,4-5,8-9,11H2,1-2H3. The van der Waals surface area contributed by atoms with Crippen LogP contribution in [0.4, 0.5) is 0 Å². The number of rotatable bonds is 4. The molecule has 1 saturated carbocycles. The quantitative estimate of drug-likeness (QED) is 0.814. The molecule has 1 fully saturated rings. The number of hydrogen-bond donors (Lipinski definition) is 1. The molecule has 1 heteroatoms. The van der Waals surface area contributed by atoms with Crippen LogP contribution in [0.3, 0.4) is 0 Å². The van der Waals surface area contributed by atoms with Gasteiger partial charge in [0.15, 0.2) is 0 Å². The average Bonchev–Trinajstić information content (AvgIpc) is 2.80. The average molecular weight is 217 g/mol. The largest absolute Gasteiger partial charge is 0.319 e. The van der Waals surface area contributed by atoms with E-state index in [-0.39, 0.29) is 0 Å². The molecule has 0 aliphatic heterocycles. The van der Waals surface area contributed by atoms with Gasteiger partial charge in [0.2, 0.25) is 0 Å². The fourth-order valence-corrected chi connectivity index (χ4v) is 3.11. The number of hydrogen-bond acceptors (Lipinski definition) is 1. The summed E-state index contributed by atoms with van der Waals surface area (Å²) in [4.78, 5) is 0. The third-order valence-corrected chi connectivity index (χ3v) is 3.98. The number of benzene rings is 1. The van der Waals surface area contributed by atoms with E-state index in [0.29, 0.717) is 5.92 Å². The number of likely N-dealkylation sites (N-methyl/N-ethyl adjacent to an activating group) is 1. The zero-order valence-electron chi connectivity index (χ0n) is 10.5. The van der Waals surface area contributed by atoms with Gasteiger partial charge in [-0.3, -0.25) is 0 Å². The minimum absolute atomic E-state index is 0.716. The molecular weight excluding hydrogens is 194 g/mol. The van der Waals surface area contributed by atoms with Crippen molar-refractivity contribution in [2.75, 3.05) is 13.6 Å². The second-order valence-corrected chi connectivity index (χ2v) is 5.07. The third kappa shape index (κ3) is 2.46. The molecular formula is C15H23N. The lowest BCUT2D eigenvalue weighted by Gasteiger charge is -2.25. The van der Waals surface area contributed by atoms with E-state index >= 15 is 0 Å². The Bertz CT molecular complexity index is 326. The van der Waals surface area contributed by atoms with Crippen molar-refractivity contribution in [3.05, 3.63) is 35.4 Å². The van der Waals surface area contributed by atoms with Gasteiger partial charge >= 0.3 is 0 Å². The van der Waals surface area contributed by atoms with Crippen LogP contribution in [-0.4, -0.2) is 13.6 Å². The highest BCUT2D eigenvalue weighted by molar-refractivity contribution is 5.30. The van der Waals surface area contributed by atoms with Gasteiger partial charge in [-0.15, -0.1) is 0 Å². The molecule has 1 unspecified atom stereocenters. The molecule has 2 rings (SSSR count). The van der Waals surface area contributed by atoms with Crippen molar-refractivity contribution in [3.63, 3.8) is 0 Å². The van der Waals surface area contributed by atoms with E-state index in [1.165, 1.54) is 31.2 Å². The molecule has 0 saturated heterocycles. The van der Waals surface area contributed by atoms with E-state index in [4.69, 9.17) is 0 Å². The fourth-order valence-electron chi connectivity index (χ4n) is 3.11. The van der Waals surface area contributed by atoms with Crippen LogP contribution in [0.2, 0.25) is 0 Å². The molecule has 1 aromatic rings. The van der Waals surface area contributed by atoms with Crippen molar-refractivity contribution in [2.24, 2.45) is 5.92 Å². The molecule has 0 amide bonds. The van der Waals surface area contributed by atoms with Gasteiger partial charge in [0, 0.05) is 6.54 Å². The molecule has 1 aliphatic carbocycles. The van der Waals surface area contributed by atoms with Crippen LogP contribution in [0, 0.1) is 12.8 Å². The SMILES string of the molecule is CNCC(c1ccccc1C)C1CCCC1. The Hall–Kier alpha value is -0.820. The van der Waals surface area contributed by atoms with E-state index in [0.717, 1.165) is 12.5 Å². The summed E-state index contributed by atoms with van der Waals surface area (Å²) in [6, 6.07) is 8.88. The summed E-state index contributed by atoms with van der Waals surface area (Å²) in [6.07, 6.45) is 5.69. The van der Waals surface area contributed by atoms with Crippen LogP contribution < -0.4 is 5.32 Å². The van der Waals surface area contributed by atoms with Gasteiger partial charge in [-0.05, 0) is 49.8 Å². The first kappa shape index (κ1) is 11.7. The Labute approximate surface area is 99.3 Å². The summed E-state index contributed by atoms with van der Waals surface area (Å²) in [7, 11) is 2.07. The first-order valence-electron chi connectivity index (χ1n) is 6.53. The van der Waals surface area contributed by atoms with Crippen molar-refractivity contribution < 1.29 is 0 Å². The number of aryl methyl sites for hydroxylation is 1. The van der Waals surface area contributed by atoms with Crippen LogP contribution >= 0.6 is 0 Å². The molecule has 0 radical (unpaired) electrons. The van der Waals surface area contributed by atoms with E-state index < -0.39 is 0 Å². The molecule has 0 aromatic heterocycles. The zero-order chi connectivity index (χ0) is 11.4. The minimum atomic E-state index is 0.716. The summed E-state index contributed by atoms with van der Waals surface area (Å²) in [5.41, 5.74) is 3.01. The summed E-state index contributed by atoms with van der Waals surface area (Å²) < 4.78 is 0. The zero-order valence-corrected chi connectivity index (χ0v) is 10.5. The van der Waals surface area contributed by atoms with E-state index in [2.05, 4.69) is 43.6 Å². The lowest BCUT2D eigenvalue weighted by atomic mass is 9.83. The third-order valence-electron chi connectivity index (χ3n) is 3.98. The van der Waals surface area contributed by atoms with Crippen LogP contribution in [0.25, 0.3) is 0 Å². The minimum Gasteiger partial charge on any atom is -0.319 e. The van der Waals surface area contributed by atoms with E-state index in [1.54, 1.807) is 5.56 Å². The normalized spacial score (nSPS) is 18.9. The highest BCUT2D eigenvalue weighted by Crippen LogP contribution is 2.37. The molecule has 88 valence electrons. The van der Waals surface area contributed by atoms with Gasteiger partial charge in [0.1, 0.15) is 0 Å². The van der Waals surface area contributed by atoms with Crippen LogP contribution in [0.15, 0.2) is 24.3 Å². The lowest BCUT2D eigenvalue weighted by molar-refractivity contribution is 0.420. The number of nitrogens with one attached hydrogen (secondary N) is 1. The monoisotopic (exact) mass is 217 g/mol. The Morgan fingerprint density at radius 2 is 1.94 bits per heavy atom. The van der Waals surface area contributed by atoms with Crippen molar-refractivity contribution in [1.82, 2.24) is 5.32 Å². The van der Waals surface area contributed by atoms with Gasteiger partial charge in [-0.2, -0.15) is 0 Å². The van der Waals surface area contributed by atoms with Gasteiger partial charge < -0.3 is 5.32 Å². The Kier molecular flexibility index (Phi) is 4.00. The Morgan fingerprint density at radius 1 is 1.25 bits per heavy atom. The Balaban J connectivity index is 2.21. The van der Waals surface area contributed by atoms with Crippen LogP contribution in [0.5, 0.6) is 0 Å². The molecule has 1 N–H and O–H groups in total. The second kappa shape index (κ2) is 5.49. The summed E-state index contributed by atoms with van der Waals surface area (Å²) in [6.45, 7) is 3.36. The van der Waals surface area contributed by atoms with Crippen molar-refractivity contribution in [3.8, 4) is 0 Å². The maximum atomic E-state index is 3.37. The summed E-state index contributed by atoms with van der Waals surface area (Å²) >= 11 is 0. The van der Waals surface area contributed by atoms with E-state index in [1.807, 2.05) is 0 Å². The summed E-state index contributed by atoms with van der Waals surface area (Å²) in [5.74, 6) is 1.61. The van der Waals surface area contributed by atoms with Crippen molar-refractivity contribution in [2.45, 2.75) is 38.5 Å². The highest BCUT2D eigenvalue weighted by Gasteiger charge is 2.26. The molecule has 1 atom stereocenters. The van der Waals surface area contributed by atoms with Gasteiger partial charge in [0.05, 0.1) is 0 Å². The maximum Gasteiger partial charge on any atom is 0.00199 e. The second-order valence-electron chi connectivity index (χ2n) is 5.07. The molecule has 1 aliphatic rings. The first-order valence-corrected chi connectivity index (χ1v) is 6.53. The molecule has 16 heavy (non-hydrogen) atoms. The lowest BCUT2D eigenvalue weighted by Crippen LogP contribution is -2.23. The molecule has 0 heterocycles. The summed E-state index contributed by atoms with van der Waals surface area (Å²) in [5, 5.41) is 3.37. The molecule has 1 nitrogen and oxygen atoms in total. The van der Waals surface area contributed by atoms with E-state index in [9.17, 15) is 0 Å². The van der Waals surface area contributed by atoms with Crippen molar-refractivity contribution in [1.29, 1.82) is 0 Å². The topological polar surface area (TPSA) is 12.0 Å².